The predicted molar refractivity (Wildman–Crippen MR) is 113 cm³/mol. The van der Waals surface area contributed by atoms with Crippen molar-refractivity contribution in [2.45, 2.75) is 57.8 Å². The number of hydrogen-bond acceptors (Lipinski definition) is 5. The Balaban J connectivity index is 1.91. The molecule has 2 fully saturated rings. The van der Waals surface area contributed by atoms with Gasteiger partial charge in [0.05, 0.1) is 12.5 Å². The molecular formula is C21H33N3O5S. The number of amides is 1. The maximum absolute atomic E-state index is 13.6. The molecule has 0 radical (unpaired) electrons. The Morgan fingerprint density at radius 2 is 1.70 bits per heavy atom. The van der Waals surface area contributed by atoms with Crippen molar-refractivity contribution in [2.24, 2.45) is 13.0 Å². The Bertz CT molecular complexity index is 916. The molecule has 30 heavy (non-hydrogen) atoms. The van der Waals surface area contributed by atoms with Gasteiger partial charge in [0.1, 0.15) is 10.5 Å². The molecule has 2 saturated heterocycles. The van der Waals surface area contributed by atoms with Crippen LogP contribution in [0.4, 0.5) is 0 Å². The van der Waals surface area contributed by atoms with Crippen molar-refractivity contribution in [3.05, 3.63) is 17.0 Å². The summed E-state index contributed by atoms with van der Waals surface area (Å²) in [6.45, 7) is 7.30. The number of likely N-dealkylation sites (tertiary alicyclic amines) is 1. The van der Waals surface area contributed by atoms with E-state index in [2.05, 4.69) is 0 Å². The average Bonchev–Trinajstić information content (AvgIpc) is 2.98. The molecule has 0 unspecified atom stereocenters. The number of piperidine rings is 2. The van der Waals surface area contributed by atoms with Gasteiger partial charge in [0.2, 0.25) is 15.9 Å². The maximum Gasteiger partial charge on any atom is 0.341 e. The number of ether oxygens (including phenoxy) is 1. The topological polar surface area (TPSA) is 88.9 Å². The first kappa shape index (κ1) is 22.8. The third-order valence-electron chi connectivity index (χ3n) is 6.40. The number of aromatic nitrogens is 1. The minimum Gasteiger partial charge on any atom is -0.462 e. The summed E-state index contributed by atoms with van der Waals surface area (Å²) in [6.07, 6.45) is 4.47. The predicted octanol–water partition coefficient (Wildman–Crippen LogP) is 2.23. The van der Waals surface area contributed by atoms with Crippen LogP contribution < -0.4 is 0 Å². The molecular weight excluding hydrogens is 406 g/mol. The van der Waals surface area contributed by atoms with Crippen molar-refractivity contribution in [1.29, 1.82) is 0 Å². The molecule has 2 aliphatic heterocycles. The summed E-state index contributed by atoms with van der Waals surface area (Å²) in [6, 6.07) is 0. The second-order valence-electron chi connectivity index (χ2n) is 8.24. The van der Waals surface area contributed by atoms with Crippen LogP contribution in [0.3, 0.4) is 0 Å². The second-order valence-corrected chi connectivity index (χ2v) is 10.1. The molecule has 0 saturated carbocycles. The fraction of sp³-hybridized carbons (Fsp3) is 0.714. The first-order valence-corrected chi connectivity index (χ1v) is 12.3. The van der Waals surface area contributed by atoms with Gasteiger partial charge >= 0.3 is 5.97 Å². The van der Waals surface area contributed by atoms with Crippen molar-refractivity contribution in [3.63, 3.8) is 0 Å². The molecule has 0 N–H and O–H groups in total. The van der Waals surface area contributed by atoms with Gasteiger partial charge in [-0.3, -0.25) is 4.79 Å². The van der Waals surface area contributed by atoms with Crippen molar-refractivity contribution >= 4 is 21.9 Å². The number of carbonyl (C=O) groups is 2. The summed E-state index contributed by atoms with van der Waals surface area (Å²) in [5, 5.41) is 0. The van der Waals surface area contributed by atoms with E-state index in [-0.39, 0.29) is 35.4 Å². The van der Waals surface area contributed by atoms with E-state index in [4.69, 9.17) is 4.74 Å². The fourth-order valence-electron chi connectivity index (χ4n) is 4.54. The highest BCUT2D eigenvalue weighted by Crippen LogP contribution is 2.32. The van der Waals surface area contributed by atoms with Gasteiger partial charge in [0.25, 0.3) is 0 Å². The molecule has 9 heteroatoms. The van der Waals surface area contributed by atoms with Crippen molar-refractivity contribution in [2.75, 3.05) is 32.8 Å². The van der Waals surface area contributed by atoms with Crippen LogP contribution in [0.5, 0.6) is 0 Å². The van der Waals surface area contributed by atoms with Gasteiger partial charge in [-0.15, -0.1) is 0 Å². The van der Waals surface area contributed by atoms with Crippen molar-refractivity contribution < 1.29 is 22.7 Å². The molecule has 8 nitrogen and oxygen atoms in total. The third-order valence-corrected chi connectivity index (χ3v) is 8.43. The Labute approximate surface area is 179 Å². The summed E-state index contributed by atoms with van der Waals surface area (Å²) in [5.74, 6) is -0.904. The SMILES string of the molecule is CCOC(=O)c1c(S(=O)(=O)N2CCC[C@H](C(=O)N3CCCCC3)C2)c(C)n(C)c1C. The number of esters is 1. The molecule has 0 aromatic carbocycles. The zero-order valence-corrected chi connectivity index (χ0v) is 19.3. The van der Waals surface area contributed by atoms with E-state index in [1.807, 2.05) is 4.90 Å². The fourth-order valence-corrected chi connectivity index (χ4v) is 6.54. The highest BCUT2D eigenvalue weighted by Gasteiger charge is 2.39. The lowest BCUT2D eigenvalue weighted by Crippen LogP contribution is -2.48. The smallest absolute Gasteiger partial charge is 0.341 e. The number of carbonyl (C=O) groups excluding carboxylic acids is 2. The van der Waals surface area contributed by atoms with Crippen LogP contribution in [-0.2, 0) is 26.6 Å². The number of rotatable bonds is 5. The van der Waals surface area contributed by atoms with Crippen LogP contribution in [0.25, 0.3) is 0 Å². The van der Waals surface area contributed by atoms with Crippen molar-refractivity contribution in [3.8, 4) is 0 Å². The number of sulfonamides is 1. The largest absolute Gasteiger partial charge is 0.462 e. The minimum absolute atomic E-state index is 0.00650. The molecule has 0 aliphatic carbocycles. The van der Waals surface area contributed by atoms with E-state index >= 15 is 0 Å². The second kappa shape index (κ2) is 9.09. The Morgan fingerprint density at radius 3 is 2.33 bits per heavy atom. The summed E-state index contributed by atoms with van der Waals surface area (Å²) in [4.78, 5) is 27.4. The van der Waals surface area contributed by atoms with Gasteiger partial charge < -0.3 is 14.2 Å². The maximum atomic E-state index is 13.6. The van der Waals surface area contributed by atoms with Gasteiger partial charge in [-0.05, 0) is 52.9 Å². The zero-order chi connectivity index (χ0) is 22.1. The first-order valence-electron chi connectivity index (χ1n) is 10.8. The molecule has 0 bridgehead atoms. The van der Waals surface area contributed by atoms with Crippen LogP contribution in [-0.4, -0.2) is 66.9 Å². The van der Waals surface area contributed by atoms with E-state index < -0.39 is 16.0 Å². The van der Waals surface area contributed by atoms with E-state index in [1.54, 1.807) is 32.4 Å². The highest BCUT2D eigenvalue weighted by molar-refractivity contribution is 7.89. The summed E-state index contributed by atoms with van der Waals surface area (Å²) < 4.78 is 35.5. The Hall–Kier alpha value is -1.87. The third kappa shape index (κ3) is 4.14. The average molecular weight is 440 g/mol. The van der Waals surface area contributed by atoms with Crippen LogP contribution >= 0.6 is 0 Å². The zero-order valence-electron chi connectivity index (χ0n) is 18.4. The van der Waals surface area contributed by atoms with Gasteiger partial charge in [0.15, 0.2) is 0 Å². The molecule has 1 aromatic rings. The van der Waals surface area contributed by atoms with E-state index in [9.17, 15) is 18.0 Å². The van der Waals surface area contributed by atoms with Gasteiger partial charge in [-0.25, -0.2) is 13.2 Å². The van der Waals surface area contributed by atoms with Crippen LogP contribution in [0.2, 0.25) is 0 Å². The highest BCUT2D eigenvalue weighted by atomic mass is 32.2. The molecule has 168 valence electrons. The lowest BCUT2D eigenvalue weighted by atomic mass is 9.97. The van der Waals surface area contributed by atoms with Crippen LogP contribution in [0.1, 0.15) is 60.8 Å². The Morgan fingerprint density at radius 1 is 1.03 bits per heavy atom. The summed E-state index contributed by atoms with van der Waals surface area (Å²) in [5.41, 5.74) is 1.16. The normalized spacial score (nSPS) is 20.9. The summed E-state index contributed by atoms with van der Waals surface area (Å²) in [7, 11) is -2.20. The number of nitrogens with zero attached hydrogens (tertiary/aromatic N) is 3. The van der Waals surface area contributed by atoms with Gasteiger partial charge in [-0.1, -0.05) is 0 Å². The summed E-state index contributed by atoms with van der Waals surface area (Å²) >= 11 is 0. The minimum atomic E-state index is -3.94. The Kier molecular flexibility index (Phi) is 6.91. The molecule has 0 spiro atoms. The standard InChI is InChI=1S/C21H33N3O5S/c1-5-29-21(26)18-15(2)22(4)16(3)19(18)30(27,28)24-13-9-10-17(14-24)20(25)23-11-7-6-8-12-23/h17H,5-14H2,1-4H3/t17-/m0/s1. The van der Waals surface area contributed by atoms with E-state index in [1.165, 1.54) is 4.31 Å². The van der Waals surface area contributed by atoms with Gasteiger partial charge in [-0.2, -0.15) is 4.31 Å². The lowest BCUT2D eigenvalue weighted by Gasteiger charge is -2.35. The molecule has 3 heterocycles. The number of hydrogen-bond donors (Lipinski definition) is 0. The van der Waals surface area contributed by atoms with Crippen LogP contribution in [0.15, 0.2) is 4.90 Å². The molecule has 2 aliphatic rings. The first-order chi connectivity index (χ1) is 14.2. The van der Waals surface area contributed by atoms with Gasteiger partial charge in [0, 0.05) is 44.6 Å². The quantitative estimate of drug-likeness (QED) is 0.657. The molecule has 3 rings (SSSR count). The monoisotopic (exact) mass is 439 g/mol. The van der Waals surface area contributed by atoms with E-state index in [0.29, 0.717) is 30.8 Å². The van der Waals surface area contributed by atoms with Crippen LogP contribution in [0, 0.1) is 19.8 Å². The van der Waals surface area contributed by atoms with Crippen molar-refractivity contribution in [1.82, 2.24) is 13.8 Å². The molecule has 1 aromatic heterocycles. The molecule has 1 atom stereocenters. The lowest BCUT2D eigenvalue weighted by molar-refractivity contribution is -0.137. The van der Waals surface area contributed by atoms with E-state index in [0.717, 1.165) is 32.4 Å². The molecule has 1 amide bonds.